The number of nitrogens with one attached hydrogen (secondary N) is 4. The van der Waals surface area contributed by atoms with Crippen molar-refractivity contribution in [1.29, 1.82) is 0 Å². The van der Waals surface area contributed by atoms with Crippen LogP contribution >= 0.6 is 0 Å². The van der Waals surface area contributed by atoms with Crippen molar-refractivity contribution < 1.29 is 24.6 Å². The van der Waals surface area contributed by atoms with E-state index in [4.69, 9.17) is 0 Å². The minimum Gasteiger partial charge on any atom is -0.494 e. The minimum atomic E-state index is -0.944. The first-order chi connectivity index (χ1) is 17.2. The van der Waals surface area contributed by atoms with Gasteiger partial charge in [0.25, 0.3) is 0 Å². The minimum absolute atomic E-state index is 0.0653. The number of amides is 3. The lowest BCUT2D eigenvalue weighted by Gasteiger charge is -2.24. The molecule has 0 aliphatic rings. The molecule has 0 radical (unpaired) electrons. The molecule has 0 saturated heterocycles. The number of aromatic amines is 1. The molecule has 2 aromatic carbocycles. The molecule has 190 valence electrons. The topological polar surface area (TPSA) is 144 Å². The number of aromatic nitrogens is 1. The van der Waals surface area contributed by atoms with Gasteiger partial charge in [0.1, 0.15) is 0 Å². The Morgan fingerprint density at radius 1 is 0.889 bits per heavy atom. The van der Waals surface area contributed by atoms with Gasteiger partial charge in [-0.1, -0.05) is 74.5 Å². The van der Waals surface area contributed by atoms with Crippen LogP contribution in [0.5, 0.6) is 11.8 Å². The van der Waals surface area contributed by atoms with E-state index < -0.39 is 35.7 Å². The Kier molecular flexibility index (Phi) is 8.72. The molecule has 0 saturated carbocycles. The summed E-state index contributed by atoms with van der Waals surface area (Å²) < 4.78 is 0. The van der Waals surface area contributed by atoms with Crippen molar-refractivity contribution in [2.75, 3.05) is 0 Å². The average molecular weight is 493 g/mol. The molecule has 2 atom stereocenters. The summed E-state index contributed by atoms with van der Waals surface area (Å²) in [5, 5.41) is 28.3. The zero-order valence-corrected chi connectivity index (χ0v) is 20.5. The monoisotopic (exact) mass is 492 g/mol. The maximum atomic E-state index is 13.1. The van der Waals surface area contributed by atoms with Crippen LogP contribution in [0.4, 0.5) is 4.79 Å². The molecule has 36 heavy (non-hydrogen) atoms. The molecule has 0 fully saturated rings. The zero-order chi connectivity index (χ0) is 26.2. The third-order valence-electron chi connectivity index (χ3n) is 5.91. The molecular weight excluding hydrogens is 460 g/mol. The molecule has 0 aliphatic carbocycles. The van der Waals surface area contributed by atoms with Gasteiger partial charge in [-0.2, -0.15) is 0 Å². The molecule has 0 bridgehead atoms. The lowest BCUT2D eigenvalue weighted by atomic mass is 9.93. The predicted molar refractivity (Wildman–Crippen MR) is 136 cm³/mol. The summed E-state index contributed by atoms with van der Waals surface area (Å²) in [5.41, 5.74) is 1.81. The van der Waals surface area contributed by atoms with E-state index in [0.717, 1.165) is 11.1 Å². The Morgan fingerprint density at radius 3 is 2.06 bits per heavy atom. The van der Waals surface area contributed by atoms with Crippen LogP contribution in [0.3, 0.4) is 0 Å². The lowest BCUT2D eigenvalue weighted by Crippen LogP contribution is -2.46. The highest BCUT2D eigenvalue weighted by molar-refractivity contribution is 6.05. The Labute approximate surface area is 209 Å². The number of carbonyl (C=O) groups is 3. The first-order valence-corrected chi connectivity index (χ1v) is 11.7. The number of rotatable bonds is 10. The van der Waals surface area contributed by atoms with Crippen molar-refractivity contribution in [3.8, 4) is 11.8 Å². The van der Waals surface area contributed by atoms with E-state index in [0.29, 0.717) is 6.54 Å². The van der Waals surface area contributed by atoms with Crippen LogP contribution < -0.4 is 16.0 Å². The van der Waals surface area contributed by atoms with Crippen LogP contribution in [-0.4, -0.2) is 39.0 Å². The van der Waals surface area contributed by atoms with Gasteiger partial charge < -0.3 is 26.2 Å². The Hall–Kier alpha value is -4.27. The number of hydrogen-bond donors (Lipinski definition) is 6. The van der Waals surface area contributed by atoms with Crippen molar-refractivity contribution in [1.82, 2.24) is 20.9 Å². The summed E-state index contributed by atoms with van der Waals surface area (Å²) in [7, 11) is 0. The van der Waals surface area contributed by atoms with Gasteiger partial charge in [0.2, 0.25) is 11.8 Å². The number of H-pyrrole nitrogens is 1. The Balaban J connectivity index is 1.71. The van der Waals surface area contributed by atoms with Gasteiger partial charge in [-0.25, -0.2) is 4.79 Å². The lowest BCUT2D eigenvalue weighted by molar-refractivity contribution is -0.122. The summed E-state index contributed by atoms with van der Waals surface area (Å²) >= 11 is 0. The van der Waals surface area contributed by atoms with E-state index >= 15 is 0 Å². The maximum absolute atomic E-state index is 13.1. The average Bonchev–Trinajstić information content (AvgIpc) is 3.12. The van der Waals surface area contributed by atoms with Gasteiger partial charge in [0.15, 0.2) is 11.7 Å². The highest BCUT2D eigenvalue weighted by Gasteiger charge is 2.31. The van der Waals surface area contributed by atoms with Crippen LogP contribution in [0.25, 0.3) is 0 Å². The first-order valence-electron chi connectivity index (χ1n) is 11.7. The number of urea groups is 1. The Bertz CT molecular complexity index is 1190. The second-order valence-corrected chi connectivity index (χ2v) is 8.96. The number of aromatic hydroxyl groups is 2. The van der Waals surface area contributed by atoms with Crippen molar-refractivity contribution in [2.24, 2.45) is 5.92 Å². The number of benzene rings is 2. The van der Waals surface area contributed by atoms with Gasteiger partial charge in [-0.3, -0.25) is 14.6 Å². The molecule has 1 aromatic heterocycles. The molecule has 0 aliphatic heterocycles. The largest absolute Gasteiger partial charge is 0.494 e. The van der Waals surface area contributed by atoms with E-state index in [1.807, 2.05) is 60.7 Å². The fourth-order valence-corrected chi connectivity index (χ4v) is 3.90. The van der Waals surface area contributed by atoms with E-state index in [9.17, 15) is 24.6 Å². The highest BCUT2D eigenvalue weighted by atomic mass is 16.3. The first kappa shape index (κ1) is 26.3. The number of Topliss-reactive ketones (excluding diaryl/α,β-unsaturated/α-hetero) is 1. The van der Waals surface area contributed by atoms with Crippen LogP contribution in [-0.2, 0) is 11.3 Å². The SMILES string of the molecule is Cc1c(O)[nH]c(O)c1C(=O)[C@@H](NC(=O)C[C@H](NC(=O)NCc1ccccc1)c1ccccc1)C(C)C. The summed E-state index contributed by atoms with van der Waals surface area (Å²) in [6.45, 7) is 5.37. The van der Waals surface area contributed by atoms with Crippen molar-refractivity contribution in [2.45, 2.75) is 45.8 Å². The smallest absolute Gasteiger partial charge is 0.315 e. The van der Waals surface area contributed by atoms with E-state index in [-0.39, 0.29) is 29.3 Å². The number of ketones is 1. The highest BCUT2D eigenvalue weighted by Crippen LogP contribution is 2.30. The van der Waals surface area contributed by atoms with Crippen LogP contribution in [0.15, 0.2) is 60.7 Å². The summed E-state index contributed by atoms with van der Waals surface area (Å²) in [5.74, 6) is -2.02. The molecule has 9 heteroatoms. The Morgan fingerprint density at radius 2 is 1.50 bits per heavy atom. The fraction of sp³-hybridized carbons (Fsp3) is 0.296. The molecule has 0 spiro atoms. The number of carbonyl (C=O) groups excluding carboxylic acids is 3. The van der Waals surface area contributed by atoms with E-state index in [1.165, 1.54) is 6.92 Å². The predicted octanol–water partition coefficient (Wildman–Crippen LogP) is 3.69. The van der Waals surface area contributed by atoms with Gasteiger partial charge in [0, 0.05) is 12.1 Å². The molecule has 9 nitrogen and oxygen atoms in total. The molecule has 6 N–H and O–H groups in total. The number of hydrogen-bond acceptors (Lipinski definition) is 5. The molecule has 3 rings (SSSR count). The van der Waals surface area contributed by atoms with Gasteiger partial charge in [0.05, 0.1) is 24.1 Å². The van der Waals surface area contributed by atoms with Gasteiger partial charge in [-0.15, -0.1) is 0 Å². The summed E-state index contributed by atoms with van der Waals surface area (Å²) in [6.07, 6.45) is -0.109. The second-order valence-electron chi connectivity index (χ2n) is 8.96. The quantitative estimate of drug-likeness (QED) is 0.239. The molecule has 0 unspecified atom stereocenters. The maximum Gasteiger partial charge on any atom is 0.315 e. The van der Waals surface area contributed by atoms with Crippen LogP contribution in [0.2, 0.25) is 0 Å². The van der Waals surface area contributed by atoms with Gasteiger partial charge >= 0.3 is 6.03 Å². The normalized spacial score (nSPS) is 12.6. The van der Waals surface area contributed by atoms with Crippen molar-refractivity contribution in [3.63, 3.8) is 0 Å². The standard InChI is InChI=1S/C27H32N4O5/c1-16(2)23(24(33)22-17(3)25(34)31-26(22)35)30-21(32)14-20(19-12-8-5-9-13-19)29-27(36)28-15-18-10-6-4-7-11-18/h4-13,16,20,23,31,34-35H,14-15H2,1-3H3,(H,30,32)(H2,28,29,36)/t20-,23-/m0/s1. The summed E-state index contributed by atoms with van der Waals surface area (Å²) in [6, 6.07) is 16.5. The third-order valence-corrected chi connectivity index (χ3v) is 5.91. The van der Waals surface area contributed by atoms with E-state index in [2.05, 4.69) is 20.9 Å². The zero-order valence-electron chi connectivity index (χ0n) is 20.5. The van der Waals surface area contributed by atoms with E-state index in [1.54, 1.807) is 13.8 Å². The molecule has 3 aromatic rings. The third kappa shape index (κ3) is 6.65. The second kappa shape index (κ2) is 11.9. The molecule has 3 amide bonds. The van der Waals surface area contributed by atoms with Crippen molar-refractivity contribution in [3.05, 3.63) is 82.9 Å². The molecule has 1 heterocycles. The fourth-order valence-electron chi connectivity index (χ4n) is 3.90. The molecular formula is C27H32N4O5. The van der Waals surface area contributed by atoms with Crippen LogP contribution in [0, 0.1) is 12.8 Å². The summed E-state index contributed by atoms with van der Waals surface area (Å²) in [4.78, 5) is 41.1. The van der Waals surface area contributed by atoms with Gasteiger partial charge in [-0.05, 0) is 24.0 Å². The van der Waals surface area contributed by atoms with Crippen molar-refractivity contribution >= 4 is 17.7 Å². The van der Waals surface area contributed by atoms with Crippen LogP contribution in [0.1, 0.15) is 53.4 Å².